The number of nitrogens with zero attached hydrogens (tertiary/aromatic N) is 2. The third-order valence-electron chi connectivity index (χ3n) is 6.14. The zero-order chi connectivity index (χ0) is 23.7. The molecule has 0 N–H and O–H groups in total. The van der Waals surface area contributed by atoms with Crippen LogP contribution in [0.5, 0.6) is 5.75 Å². The standard InChI is InChI=1S/C28H26N2O4/c1-3-4-13-33-21-9-5-8-20(15-21)25-24-26(31)22-14-18(2)10-11-23(22)34-27(24)28(32)30(25)17-19-7-6-12-29-16-19/h5-12,14-16,25H,3-4,13,17H2,1-2H3. The number of hydrogen-bond acceptors (Lipinski definition) is 5. The summed E-state index contributed by atoms with van der Waals surface area (Å²) >= 11 is 0. The smallest absolute Gasteiger partial charge is 0.291 e. The van der Waals surface area contributed by atoms with E-state index in [9.17, 15) is 9.59 Å². The predicted octanol–water partition coefficient (Wildman–Crippen LogP) is 5.42. The van der Waals surface area contributed by atoms with Crippen LogP contribution < -0.4 is 10.2 Å². The molecule has 2 aromatic heterocycles. The van der Waals surface area contributed by atoms with Crippen LogP contribution in [0.2, 0.25) is 0 Å². The van der Waals surface area contributed by atoms with Crippen molar-refractivity contribution in [2.45, 2.75) is 39.3 Å². The Morgan fingerprint density at radius 3 is 2.76 bits per heavy atom. The number of pyridine rings is 1. The summed E-state index contributed by atoms with van der Waals surface area (Å²) in [7, 11) is 0. The molecule has 1 unspecified atom stereocenters. The Kier molecular flexibility index (Phi) is 5.88. The zero-order valence-corrected chi connectivity index (χ0v) is 19.3. The molecule has 172 valence electrons. The summed E-state index contributed by atoms with van der Waals surface area (Å²) in [6.45, 7) is 4.96. The fourth-order valence-corrected chi connectivity index (χ4v) is 4.44. The van der Waals surface area contributed by atoms with E-state index in [0.717, 1.165) is 29.5 Å². The molecule has 34 heavy (non-hydrogen) atoms. The van der Waals surface area contributed by atoms with Crippen LogP contribution in [0.3, 0.4) is 0 Å². The zero-order valence-electron chi connectivity index (χ0n) is 19.3. The number of rotatable bonds is 7. The quantitative estimate of drug-likeness (QED) is 0.349. The minimum absolute atomic E-state index is 0.104. The van der Waals surface area contributed by atoms with E-state index < -0.39 is 6.04 Å². The summed E-state index contributed by atoms with van der Waals surface area (Å²) in [5.41, 5.74) is 3.25. The van der Waals surface area contributed by atoms with Gasteiger partial charge in [-0.2, -0.15) is 0 Å². The van der Waals surface area contributed by atoms with Gasteiger partial charge in [-0.15, -0.1) is 0 Å². The number of ether oxygens (including phenoxy) is 1. The lowest BCUT2D eigenvalue weighted by atomic mass is 9.97. The lowest BCUT2D eigenvalue weighted by Gasteiger charge is -2.25. The SMILES string of the molecule is CCCCOc1cccc(C2c3c(oc4ccc(C)cc4c3=O)C(=O)N2Cc2cccnc2)c1. The first kappa shape index (κ1) is 21.9. The van der Waals surface area contributed by atoms with E-state index in [1.54, 1.807) is 23.4 Å². The average Bonchev–Trinajstić information content (AvgIpc) is 3.12. The molecule has 0 aliphatic carbocycles. The van der Waals surface area contributed by atoms with Crippen molar-refractivity contribution in [3.05, 3.63) is 105 Å². The van der Waals surface area contributed by atoms with Gasteiger partial charge in [-0.3, -0.25) is 14.6 Å². The fraction of sp³-hybridized carbons (Fsp3) is 0.250. The Bertz CT molecular complexity index is 1410. The molecule has 3 heterocycles. The van der Waals surface area contributed by atoms with E-state index in [2.05, 4.69) is 11.9 Å². The monoisotopic (exact) mass is 454 g/mol. The van der Waals surface area contributed by atoms with E-state index >= 15 is 0 Å². The van der Waals surface area contributed by atoms with Gasteiger partial charge in [0.05, 0.1) is 23.6 Å². The van der Waals surface area contributed by atoms with E-state index in [-0.39, 0.29) is 17.1 Å². The third kappa shape index (κ3) is 3.96. The molecule has 5 rings (SSSR count). The molecule has 0 radical (unpaired) electrons. The third-order valence-corrected chi connectivity index (χ3v) is 6.14. The molecule has 6 heteroatoms. The van der Waals surface area contributed by atoms with Crippen molar-refractivity contribution < 1.29 is 13.9 Å². The number of carbonyl (C=O) groups is 1. The molecule has 1 atom stereocenters. The van der Waals surface area contributed by atoms with Gasteiger partial charge in [0.25, 0.3) is 5.91 Å². The van der Waals surface area contributed by atoms with Crippen LogP contribution in [0, 0.1) is 6.92 Å². The summed E-state index contributed by atoms with van der Waals surface area (Å²) in [5.74, 6) is 0.516. The van der Waals surface area contributed by atoms with Crippen LogP contribution in [0.25, 0.3) is 11.0 Å². The highest BCUT2D eigenvalue weighted by atomic mass is 16.5. The fourth-order valence-electron chi connectivity index (χ4n) is 4.44. The van der Waals surface area contributed by atoms with Gasteiger partial charge in [-0.25, -0.2) is 0 Å². The maximum atomic E-state index is 13.7. The Labute approximate surface area is 197 Å². The first-order valence-electron chi connectivity index (χ1n) is 11.6. The van der Waals surface area contributed by atoms with Crippen molar-refractivity contribution in [3.8, 4) is 5.75 Å². The Hall–Kier alpha value is -3.93. The van der Waals surface area contributed by atoms with Crippen LogP contribution in [0.4, 0.5) is 0 Å². The maximum Gasteiger partial charge on any atom is 0.291 e. The van der Waals surface area contributed by atoms with E-state index in [0.29, 0.717) is 35.4 Å². The minimum atomic E-state index is -0.585. The van der Waals surface area contributed by atoms with Crippen molar-refractivity contribution in [2.75, 3.05) is 6.61 Å². The molecular formula is C28H26N2O4. The van der Waals surface area contributed by atoms with Gasteiger partial charge in [0.1, 0.15) is 11.3 Å². The second-order valence-corrected chi connectivity index (χ2v) is 8.64. The number of hydrogen-bond donors (Lipinski definition) is 0. The van der Waals surface area contributed by atoms with E-state index in [1.807, 2.05) is 55.5 Å². The summed E-state index contributed by atoms with van der Waals surface area (Å²) in [4.78, 5) is 33.2. The summed E-state index contributed by atoms with van der Waals surface area (Å²) < 4.78 is 12.0. The number of fused-ring (bicyclic) bond motifs is 2. The lowest BCUT2D eigenvalue weighted by molar-refractivity contribution is 0.0714. The first-order chi connectivity index (χ1) is 16.6. The first-order valence-corrected chi connectivity index (χ1v) is 11.6. The lowest BCUT2D eigenvalue weighted by Crippen LogP contribution is -2.29. The van der Waals surface area contributed by atoms with Crippen molar-refractivity contribution in [3.63, 3.8) is 0 Å². The van der Waals surface area contributed by atoms with Gasteiger partial charge in [0, 0.05) is 18.9 Å². The normalized spacial score (nSPS) is 15.1. The van der Waals surface area contributed by atoms with Gasteiger partial charge < -0.3 is 14.1 Å². The molecule has 1 aliphatic rings. The number of benzene rings is 2. The molecule has 0 spiro atoms. The van der Waals surface area contributed by atoms with Gasteiger partial charge in [0.15, 0.2) is 5.43 Å². The topological polar surface area (TPSA) is 72.6 Å². The highest BCUT2D eigenvalue weighted by Gasteiger charge is 2.42. The van der Waals surface area contributed by atoms with Gasteiger partial charge in [-0.05, 0) is 54.8 Å². The predicted molar refractivity (Wildman–Crippen MR) is 130 cm³/mol. The van der Waals surface area contributed by atoms with Crippen LogP contribution in [0.1, 0.15) is 58.6 Å². The average molecular weight is 455 g/mol. The molecule has 2 aromatic carbocycles. The largest absolute Gasteiger partial charge is 0.494 e. The number of aryl methyl sites for hydroxylation is 1. The molecule has 1 aliphatic heterocycles. The molecule has 0 fully saturated rings. The molecule has 4 aromatic rings. The molecule has 0 saturated carbocycles. The second-order valence-electron chi connectivity index (χ2n) is 8.64. The number of aromatic nitrogens is 1. The minimum Gasteiger partial charge on any atom is -0.494 e. The van der Waals surface area contributed by atoms with E-state index in [4.69, 9.17) is 9.15 Å². The van der Waals surface area contributed by atoms with E-state index in [1.165, 1.54) is 0 Å². The van der Waals surface area contributed by atoms with Crippen molar-refractivity contribution in [1.29, 1.82) is 0 Å². The number of unbranched alkanes of at least 4 members (excludes halogenated alkanes) is 1. The number of amides is 1. The summed E-state index contributed by atoms with van der Waals surface area (Å²) in [6, 6.07) is 16.2. The van der Waals surface area contributed by atoms with Crippen LogP contribution in [-0.4, -0.2) is 22.4 Å². The van der Waals surface area contributed by atoms with Crippen molar-refractivity contribution >= 4 is 16.9 Å². The van der Waals surface area contributed by atoms with Crippen molar-refractivity contribution in [1.82, 2.24) is 9.88 Å². The maximum absolute atomic E-state index is 13.7. The highest BCUT2D eigenvalue weighted by molar-refractivity contribution is 5.99. The molecule has 0 bridgehead atoms. The number of carbonyl (C=O) groups excluding carboxylic acids is 1. The Morgan fingerprint density at radius 2 is 1.97 bits per heavy atom. The molecular weight excluding hydrogens is 428 g/mol. The Morgan fingerprint density at radius 1 is 1.09 bits per heavy atom. The molecule has 1 amide bonds. The van der Waals surface area contributed by atoms with Crippen LogP contribution in [-0.2, 0) is 6.54 Å². The van der Waals surface area contributed by atoms with Crippen molar-refractivity contribution in [2.24, 2.45) is 0 Å². The van der Waals surface area contributed by atoms with Gasteiger partial charge in [0.2, 0.25) is 5.76 Å². The van der Waals surface area contributed by atoms with Crippen LogP contribution >= 0.6 is 0 Å². The highest BCUT2D eigenvalue weighted by Crippen LogP contribution is 2.40. The Balaban J connectivity index is 1.66. The molecule has 6 nitrogen and oxygen atoms in total. The van der Waals surface area contributed by atoms with Gasteiger partial charge >= 0.3 is 0 Å². The van der Waals surface area contributed by atoms with Crippen LogP contribution in [0.15, 0.2) is 76.2 Å². The second kappa shape index (κ2) is 9.14. The summed E-state index contributed by atoms with van der Waals surface area (Å²) in [6.07, 6.45) is 5.42. The van der Waals surface area contributed by atoms with Gasteiger partial charge in [-0.1, -0.05) is 43.2 Å². The summed E-state index contributed by atoms with van der Waals surface area (Å²) in [5, 5.41) is 0.482. The molecule has 0 saturated heterocycles.